The highest BCUT2D eigenvalue weighted by Gasteiger charge is 2.23. The molecule has 0 aliphatic heterocycles. The lowest BCUT2D eigenvalue weighted by Gasteiger charge is -2.22. The van der Waals surface area contributed by atoms with E-state index in [4.69, 9.17) is 5.11 Å². The third-order valence-corrected chi connectivity index (χ3v) is 3.48. The number of hydrogen-bond donors (Lipinski definition) is 1. The van der Waals surface area contributed by atoms with Gasteiger partial charge < -0.3 is 5.11 Å². The number of carboxylic acids is 1. The Kier molecular flexibility index (Phi) is 3.97. The molecule has 0 unspecified atom stereocenters. The molecule has 0 saturated heterocycles. The number of carbonyl (C=O) groups is 1. The molecule has 0 spiro atoms. The lowest BCUT2D eigenvalue weighted by Crippen LogP contribution is -2.19. The number of aryl methyl sites for hydroxylation is 1. The van der Waals surface area contributed by atoms with E-state index in [1.165, 1.54) is 23.9 Å². The molecule has 1 aromatic rings. The first-order valence-corrected chi connectivity index (χ1v) is 5.79. The highest BCUT2D eigenvalue weighted by molar-refractivity contribution is 8.00. The van der Waals surface area contributed by atoms with Crippen molar-refractivity contribution in [3.63, 3.8) is 0 Å². The Balaban J connectivity index is 2.83. The molecule has 2 nitrogen and oxygen atoms in total. The van der Waals surface area contributed by atoms with E-state index < -0.39 is 10.7 Å². The maximum Gasteiger partial charge on any atom is 0.304 e. The SMILES string of the molecule is Cc1cc(F)ccc1SC(C)(C)CC(=O)O. The standard InChI is InChI=1S/C12H15FO2S/c1-8-6-9(13)4-5-10(8)16-12(2,3)7-11(14)15/h4-6H,7H2,1-3H3,(H,14,15). The maximum atomic E-state index is 12.9. The zero-order valence-electron chi connectivity index (χ0n) is 9.58. The Hall–Kier alpha value is -1.03. The number of halogens is 1. The average molecular weight is 242 g/mol. The van der Waals surface area contributed by atoms with E-state index in [2.05, 4.69) is 0 Å². The molecule has 0 aromatic heterocycles. The number of hydrogen-bond acceptors (Lipinski definition) is 2. The van der Waals surface area contributed by atoms with Crippen molar-refractivity contribution < 1.29 is 14.3 Å². The van der Waals surface area contributed by atoms with Gasteiger partial charge in [-0.15, -0.1) is 11.8 Å². The highest BCUT2D eigenvalue weighted by atomic mass is 32.2. The van der Waals surface area contributed by atoms with Gasteiger partial charge in [0.1, 0.15) is 5.82 Å². The molecule has 0 atom stereocenters. The van der Waals surface area contributed by atoms with Crippen LogP contribution in [0.15, 0.2) is 23.1 Å². The Morgan fingerprint density at radius 2 is 2.12 bits per heavy atom. The second-order valence-corrected chi connectivity index (χ2v) is 6.09. The van der Waals surface area contributed by atoms with Crippen LogP contribution < -0.4 is 0 Å². The fourth-order valence-corrected chi connectivity index (χ4v) is 2.57. The van der Waals surface area contributed by atoms with Crippen LogP contribution in [0.2, 0.25) is 0 Å². The number of aliphatic carboxylic acids is 1. The lowest BCUT2D eigenvalue weighted by atomic mass is 10.1. The monoisotopic (exact) mass is 242 g/mol. The second-order valence-electron chi connectivity index (χ2n) is 4.34. The Morgan fingerprint density at radius 1 is 1.50 bits per heavy atom. The van der Waals surface area contributed by atoms with Gasteiger partial charge in [0, 0.05) is 9.64 Å². The maximum absolute atomic E-state index is 12.9. The molecule has 1 aromatic carbocycles. The van der Waals surface area contributed by atoms with Crippen LogP contribution in [-0.4, -0.2) is 15.8 Å². The third kappa shape index (κ3) is 3.85. The Bertz CT molecular complexity index is 402. The predicted molar refractivity (Wildman–Crippen MR) is 63.3 cm³/mol. The summed E-state index contributed by atoms with van der Waals surface area (Å²) in [6.45, 7) is 5.56. The second kappa shape index (κ2) is 4.87. The van der Waals surface area contributed by atoms with Crippen molar-refractivity contribution in [3.05, 3.63) is 29.6 Å². The molecule has 16 heavy (non-hydrogen) atoms. The molecule has 4 heteroatoms. The molecule has 88 valence electrons. The van der Waals surface area contributed by atoms with Crippen LogP contribution in [0.4, 0.5) is 4.39 Å². The summed E-state index contributed by atoms with van der Waals surface area (Å²) in [6, 6.07) is 4.55. The predicted octanol–water partition coefficient (Wildman–Crippen LogP) is 3.48. The molecule has 0 amide bonds. The highest BCUT2D eigenvalue weighted by Crippen LogP contribution is 2.36. The normalized spacial score (nSPS) is 11.5. The molecular formula is C12H15FO2S. The van der Waals surface area contributed by atoms with E-state index in [0.717, 1.165) is 10.5 Å². The molecule has 0 heterocycles. The van der Waals surface area contributed by atoms with E-state index in [0.29, 0.717) is 0 Å². The Labute approximate surface area is 98.9 Å². The summed E-state index contributed by atoms with van der Waals surface area (Å²) in [6.07, 6.45) is 0.0779. The molecule has 0 saturated carbocycles. The van der Waals surface area contributed by atoms with Gasteiger partial charge in [-0.25, -0.2) is 4.39 Å². The molecule has 0 aliphatic carbocycles. The number of carboxylic acid groups (broad SMARTS) is 1. The molecule has 0 bridgehead atoms. The quantitative estimate of drug-likeness (QED) is 0.821. The molecule has 1 rings (SSSR count). The van der Waals surface area contributed by atoms with Crippen LogP contribution in [0, 0.1) is 12.7 Å². The van der Waals surface area contributed by atoms with Crippen LogP contribution in [0.1, 0.15) is 25.8 Å². The van der Waals surface area contributed by atoms with Crippen molar-refractivity contribution in [2.75, 3.05) is 0 Å². The van der Waals surface area contributed by atoms with Gasteiger partial charge in [-0.3, -0.25) is 4.79 Å². The van der Waals surface area contributed by atoms with Crippen LogP contribution >= 0.6 is 11.8 Å². The van der Waals surface area contributed by atoms with Crippen molar-refractivity contribution >= 4 is 17.7 Å². The molecule has 0 aliphatic rings. The van der Waals surface area contributed by atoms with Gasteiger partial charge in [0.2, 0.25) is 0 Å². The van der Waals surface area contributed by atoms with Crippen molar-refractivity contribution in [2.24, 2.45) is 0 Å². The van der Waals surface area contributed by atoms with E-state index >= 15 is 0 Å². The first-order valence-electron chi connectivity index (χ1n) is 4.97. The molecule has 1 N–H and O–H groups in total. The van der Waals surface area contributed by atoms with Gasteiger partial charge in [-0.1, -0.05) is 0 Å². The van der Waals surface area contributed by atoms with Gasteiger partial charge in [0.05, 0.1) is 6.42 Å². The van der Waals surface area contributed by atoms with Crippen LogP contribution in [0.5, 0.6) is 0 Å². The minimum Gasteiger partial charge on any atom is -0.481 e. The summed E-state index contributed by atoms with van der Waals surface area (Å²) < 4.78 is 12.5. The average Bonchev–Trinajstić information content (AvgIpc) is 2.07. The third-order valence-electron chi connectivity index (χ3n) is 2.10. The number of rotatable bonds is 4. The van der Waals surface area contributed by atoms with Crippen molar-refractivity contribution in [3.8, 4) is 0 Å². The van der Waals surface area contributed by atoms with Crippen molar-refractivity contribution in [2.45, 2.75) is 36.8 Å². The van der Waals surface area contributed by atoms with Crippen LogP contribution in [0.3, 0.4) is 0 Å². The fraction of sp³-hybridized carbons (Fsp3) is 0.417. The van der Waals surface area contributed by atoms with E-state index in [9.17, 15) is 9.18 Å². The zero-order chi connectivity index (χ0) is 12.3. The minimum atomic E-state index is -0.822. The molecule has 0 fully saturated rings. The number of thioether (sulfide) groups is 1. The van der Waals surface area contributed by atoms with E-state index in [1.807, 2.05) is 20.8 Å². The van der Waals surface area contributed by atoms with Crippen molar-refractivity contribution in [1.82, 2.24) is 0 Å². The number of benzene rings is 1. The molecular weight excluding hydrogens is 227 g/mol. The van der Waals surface area contributed by atoms with E-state index in [-0.39, 0.29) is 12.2 Å². The van der Waals surface area contributed by atoms with Crippen molar-refractivity contribution in [1.29, 1.82) is 0 Å². The van der Waals surface area contributed by atoms with Gasteiger partial charge in [0.15, 0.2) is 0 Å². The zero-order valence-corrected chi connectivity index (χ0v) is 10.4. The minimum absolute atomic E-state index is 0.0779. The first-order chi connectivity index (χ1) is 7.30. The van der Waals surface area contributed by atoms with Gasteiger partial charge >= 0.3 is 5.97 Å². The summed E-state index contributed by atoms with van der Waals surface area (Å²) in [4.78, 5) is 11.6. The van der Waals surface area contributed by atoms with Gasteiger partial charge in [0.25, 0.3) is 0 Å². The summed E-state index contributed by atoms with van der Waals surface area (Å²) >= 11 is 1.46. The summed E-state index contributed by atoms with van der Waals surface area (Å²) in [5.74, 6) is -1.09. The topological polar surface area (TPSA) is 37.3 Å². The van der Waals surface area contributed by atoms with E-state index in [1.54, 1.807) is 6.07 Å². The van der Waals surface area contributed by atoms with Crippen LogP contribution in [-0.2, 0) is 4.79 Å². The summed E-state index contributed by atoms with van der Waals surface area (Å²) in [7, 11) is 0. The Morgan fingerprint density at radius 3 is 2.62 bits per heavy atom. The van der Waals surface area contributed by atoms with Gasteiger partial charge in [-0.2, -0.15) is 0 Å². The summed E-state index contributed by atoms with van der Waals surface area (Å²) in [5.41, 5.74) is 0.837. The largest absolute Gasteiger partial charge is 0.481 e. The molecule has 0 radical (unpaired) electrons. The fourth-order valence-electron chi connectivity index (χ4n) is 1.43. The van der Waals surface area contributed by atoms with Gasteiger partial charge in [-0.05, 0) is 44.5 Å². The van der Waals surface area contributed by atoms with Crippen LogP contribution in [0.25, 0.3) is 0 Å². The first kappa shape index (κ1) is 13.0. The lowest BCUT2D eigenvalue weighted by molar-refractivity contribution is -0.137. The smallest absolute Gasteiger partial charge is 0.304 e. The summed E-state index contributed by atoms with van der Waals surface area (Å²) in [5, 5.41) is 8.77.